The van der Waals surface area contributed by atoms with Crippen molar-refractivity contribution in [2.75, 3.05) is 26.7 Å². The maximum Gasteiger partial charge on any atom is 0.0477 e. The highest BCUT2D eigenvalue weighted by molar-refractivity contribution is 5.86. The van der Waals surface area contributed by atoms with Gasteiger partial charge in [0, 0.05) is 31.5 Å². The molecule has 1 aliphatic rings. The van der Waals surface area contributed by atoms with E-state index in [-0.39, 0.29) is 6.61 Å². The summed E-state index contributed by atoms with van der Waals surface area (Å²) in [6.07, 6.45) is 0. The molecule has 0 saturated carbocycles. The van der Waals surface area contributed by atoms with Gasteiger partial charge in [-0.2, -0.15) is 0 Å². The summed E-state index contributed by atoms with van der Waals surface area (Å²) in [6.45, 7) is 2.31. The van der Waals surface area contributed by atoms with Crippen LogP contribution in [0.1, 0.15) is 11.5 Å². The van der Waals surface area contributed by atoms with Crippen LogP contribution in [-0.4, -0.2) is 36.8 Å². The SMILES string of the molecule is CN1CC(CO)C(c2cccc3ccccc23)C1. The number of likely N-dealkylation sites (N-methyl/N-ethyl adjacent to an activating group) is 1. The molecule has 1 fully saturated rings. The third-order valence-electron chi connectivity index (χ3n) is 4.08. The minimum atomic E-state index is 0.276. The van der Waals surface area contributed by atoms with E-state index in [4.69, 9.17) is 0 Å². The molecular weight excluding hydrogens is 222 g/mol. The first-order valence-corrected chi connectivity index (χ1v) is 6.56. The van der Waals surface area contributed by atoms with E-state index in [0.29, 0.717) is 11.8 Å². The predicted octanol–water partition coefficient (Wildman–Crippen LogP) is 2.48. The summed E-state index contributed by atoms with van der Waals surface area (Å²) in [5, 5.41) is 12.2. The van der Waals surface area contributed by atoms with Gasteiger partial charge in [-0.15, -0.1) is 0 Å². The summed E-state index contributed by atoms with van der Waals surface area (Å²) in [5.41, 5.74) is 1.39. The quantitative estimate of drug-likeness (QED) is 0.873. The first-order valence-electron chi connectivity index (χ1n) is 6.56. The second-order valence-corrected chi connectivity index (χ2v) is 5.34. The molecule has 2 atom stereocenters. The zero-order valence-corrected chi connectivity index (χ0v) is 10.7. The van der Waals surface area contributed by atoms with Gasteiger partial charge in [-0.25, -0.2) is 0 Å². The van der Waals surface area contributed by atoms with Crippen LogP contribution >= 0.6 is 0 Å². The number of rotatable bonds is 2. The summed E-state index contributed by atoms with van der Waals surface area (Å²) in [6, 6.07) is 15.0. The van der Waals surface area contributed by atoms with Crippen LogP contribution in [0, 0.1) is 5.92 Å². The number of nitrogens with zero attached hydrogens (tertiary/aromatic N) is 1. The predicted molar refractivity (Wildman–Crippen MR) is 74.8 cm³/mol. The number of aliphatic hydroxyl groups is 1. The van der Waals surface area contributed by atoms with Crippen molar-refractivity contribution in [1.82, 2.24) is 4.90 Å². The van der Waals surface area contributed by atoms with Crippen molar-refractivity contribution in [3.8, 4) is 0 Å². The molecule has 2 aromatic rings. The van der Waals surface area contributed by atoms with Crippen molar-refractivity contribution in [2.24, 2.45) is 5.92 Å². The van der Waals surface area contributed by atoms with Crippen LogP contribution in [0.25, 0.3) is 10.8 Å². The lowest BCUT2D eigenvalue weighted by atomic mass is 9.86. The lowest BCUT2D eigenvalue weighted by Crippen LogP contribution is -2.16. The largest absolute Gasteiger partial charge is 0.396 e. The van der Waals surface area contributed by atoms with Gasteiger partial charge in [0.05, 0.1) is 0 Å². The van der Waals surface area contributed by atoms with Crippen LogP contribution in [0.5, 0.6) is 0 Å². The van der Waals surface area contributed by atoms with Crippen molar-refractivity contribution in [3.63, 3.8) is 0 Å². The molecule has 0 bridgehead atoms. The minimum absolute atomic E-state index is 0.276. The second-order valence-electron chi connectivity index (χ2n) is 5.34. The van der Waals surface area contributed by atoms with E-state index >= 15 is 0 Å². The van der Waals surface area contributed by atoms with Gasteiger partial charge in [0.25, 0.3) is 0 Å². The van der Waals surface area contributed by atoms with E-state index in [9.17, 15) is 5.11 Å². The molecule has 94 valence electrons. The Bertz CT molecular complexity index is 546. The molecule has 3 rings (SSSR count). The smallest absolute Gasteiger partial charge is 0.0477 e. The number of hydrogen-bond donors (Lipinski definition) is 1. The van der Waals surface area contributed by atoms with Crippen molar-refractivity contribution < 1.29 is 5.11 Å². The Morgan fingerprint density at radius 2 is 1.89 bits per heavy atom. The molecule has 0 spiro atoms. The summed E-state index contributed by atoms with van der Waals surface area (Å²) < 4.78 is 0. The van der Waals surface area contributed by atoms with E-state index in [1.807, 2.05) is 0 Å². The lowest BCUT2D eigenvalue weighted by Gasteiger charge is -2.18. The monoisotopic (exact) mass is 241 g/mol. The minimum Gasteiger partial charge on any atom is -0.396 e. The molecule has 0 amide bonds. The molecular formula is C16H19NO. The van der Waals surface area contributed by atoms with Gasteiger partial charge in [0.2, 0.25) is 0 Å². The zero-order chi connectivity index (χ0) is 12.5. The van der Waals surface area contributed by atoms with Crippen molar-refractivity contribution in [1.29, 1.82) is 0 Å². The molecule has 1 heterocycles. The summed E-state index contributed by atoms with van der Waals surface area (Å²) in [4.78, 5) is 2.31. The standard InChI is InChI=1S/C16H19NO/c1-17-9-13(11-18)16(10-17)15-8-4-6-12-5-2-3-7-14(12)15/h2-8,13,16,18H,9-11H2,1H3. The molecule has 2 aromatic carbocycles. The van der Waals surface area contributed by atoms with E-state index < -0.39 is 0 Å². The van der Waals surface area contributed by atoms with Crippen molar-refractivity contribution in [2.45, 2.75) is 5.92 Å². The number of hydrogen-bond acceptors (Lipinski definition) is 2. The molecule has 1 saturated heterocycles. The van der Waals surface area contributed by atoms with Gasteiger partial charge < -0.3 is 10.0 Å². The maximum absolute atomic E-state index is 9.56. The number of fused-ring (bicyclic) bond motifs is 1. The molecule has 0 aromatic heterocycles. The van der Waals surface area contributed by atoms with Crippen LogP contribution in [0.3, 0.4) is 0 Å². The molecule has 18 heavy (non-hydrogen) atoms. The number of likely N-dealkylation sites (tertiary alicyclic amines) is 1. The summed E-state index contributed by atoms with van der Waals surface area (Å²) in [5.74, 6) is 0.812. The third-order valence-corrected chi connectivity index (χ3v) is 4.08. The average molecular weight is 241 g/mol. The second kappa shape index (κ2) is 4.71. The van der Waals surface area contributed by atoms with E-state index in [1.54, 1.807) is 0 Å². The Hall–Kier alpha value is -1.38. The fourth-order valence-corrected chi connectivity index (χ4v) is 3.20. The molecule has 1 aliphatic heterocycles. The van der Waals surface area contributed by atoms with Gasteiger partial charge in [-0.3, -0.25) is 0 Å². The molecule has 0 radical (unpaired) electrons. The van der Waals surface area contributed by atoms with Gasteiger partial charge >= 0.3 is 0 Å². The van der Waals surface area contributed by atoms with Gasteiger partial charge in [0.15, 0.2) is 0 Å². The zero-order valence-electron chi connectivity index (χ0n) is 10.7. The van der Waals surface area contributed by atoms with E-state index in [1.165, 1.54) is 16.3 Å². The van der Waals surface area contributed by atoms with Crippen LogP contribution < -0.4 is 0 Å². The Labute approximate surface area is 108 Å². The third kappa shape index (κ3) is 1.92. The fourth-order valence-electron chi connectivity index (χ4n) is 3.20. The molecule has 1 N–H and O–H groups in total. The van der Waals surface area contributed by atoms with Gasteiger partial charge in [-0.1, -0.05) is 42.5 Å². The Morgan fingerprint density at radius 1 is 1.11 bits per heavy atom. The topological polar surface area (TPSA) is 23.5 Å². The lowest BCUT2D eigenvalue weighted by molar-refractivity contribution is 0.220. The van der Waals surface area contributed by atoms with Crippen molar-refractivity contribution >= 4 is 10.8 Å². The Kier molecular flexibility index (Phi) is 3.06. The Balaban J connectivity index is 2.08. The first kappa shape index (κ1) is 11.7. The van der Waals surface area contributed by atoms with Gasteiger partial charge in [0.1, 0.15) is 0 Å². The highest BCUT2D eigenvalue weighted by atomic mass is 16.3. The van der Waals surface area contributed by atoms with Crippen LogP contribution in [0.4, 0.5) is 0 Å². The maximum atomic E-state index is 9.56. The summed E-state index contributed by atoms with van der Waals surface area (Å²) >= 11 is 0. The molecule has 2 heteroatoms. The van der Waals surface area contributed by atoms with Gasteiger partial charge in [-0.05, 0) is 23.4 Å². The highest BCUT2D eigenvalue weighted by Crippen LogP contribution is 2.35. The van der Waals surface area contributed by atoms with Crippen molar-refractivity contribution in [3.05, 3.63) is 48.0 Å². The Morgan fingerprint density at radius 3 is 2.72 bits per heavy atom. The van der Waals surface area contributed by atoms with Crippen LogP contribution in [0.15, 0.2) is 42.5 Å². The molecule has 2 unspecified atom stereocenters. The number of aliphatic hydroxyl groups excluding tert-OH is 1. The average Bonchev–Trinajstić information content (AvgIpc) is 2.79. The highest BCUT2D eigenvalue weighted by Gasteiger charge is 2.32. The van der Waals surface area contributed by atoms with Crippen LogP contribution in [-0.2, 0) is 0 Å². The first-order chi connectivity index (χ1) is 8.79. The van der Waals surface area contributed by atoms with Crippen LogP contribution in [0.2, 0.25) is 0 Å². The summed E-state index contributed by atoms with van der Waals surface area (Å²) in [7, 11) is 2.13. The number of benzene rings is 2. The molecule has 2 nitrogen and oxygen atoms in total. The fraction of sp³-hybridized carbons (Fsp3) is 0.375. The van der Waals surface area contributed by atoms with E-state index in [0.717, 1.165) is 13.1 Å². The normalized spacial score (nSPS) is 24.8. The molecule has 0 aliphatic carbocycles. The van der Waals surface area contributed by atoms with E-state index in [2.05, 4.69) is 54.4 Å².